The Hall–Kier alpha value is -2.75. The third-order valence-electron chi connectivity index (χ3n) is 5.19. The summed E-state index contributed by atoms with van der Waals surface area (Å²) in [6.45, 7) is -0.942. The molecule has 2 aromatic rings. The van der Waals surface area contributed by atoms with Crippen LogP contribution in [-0.2, 0) is 10.3 Å². The van der Waals surface area contributed by atoms with Crippen LogP contribution < -0.4 is 4.74 Å². The molecule has 0 amide bonds. The summed E-state index contributed by atoms with van der Waals surface area (Å²) in [7, 11) is 1.35. The maximum absolute atomic E-state index is 12.3. The molecule has 0 saturated carbocycles. The van der Waals surface area contributed by atoms with E-state index in [0.717, 1.165) is 0 Å². The molecule has 4 atom stereocenters. The first-order chi connectivity index (χ1) is 14.3. The highest BCUT2D eigenvalue weighted by molar-refractivity contribution is 6.07. The third-order valence-corrected chi connectivity index (χ3v) is 5.19. The highest BCUT2D eigenvalue weighted by Crippen LogP contribution is 2.39. The van der Waals surface area contributed by atoms with Gasteiger partial charge in [-0.2, -0.15) is 0 Å². The van der Waals surface area contributed by atoms with Crippen molar-refractivity contribution < 1.29 is 39.8 Å². The van der Waals surface area contributed by atoms with E-state index >= 15 is 0 Å². The lowest BCUT2D eigenvalue weighted by atomic mass is 9.81. The van der Waals surface area contributed by atoms with Gasteiger partial charge in [0.2, 0.25) is 0 Å². The Morgan fingerprint density at radius 2 is 1.97 bits per heavy atom. The zero-order valence-electron chi connectivity index (χ0n) is 16.3. The molecule has 1 saturated heterocycles. The quantitative estimate of drug-likeness (QED) is 0.341. The minimum absolute atomic E-state index is 0.0475. The number of allylic oxidation sites excluding steroid dienone is 1. The fourth-order valence-corrected chi connectivity index (χ4v) is 3.37. The van der Waals surface area contributed by atoms with Crippen LogP contribution in [0.3, 0.4) is 0 Å². The molecule has 30 heavy (non-hydrogen) atoms. The van der Waals surface area contributed by atoms with Crippen molar-refractivity contribution in [2.24, 2.45) is 0 Å². The summed E-state index contributed by atoms with van der Waals surface area (Å²) in [5, 5.41) is 51.1. The largest absolute Gasteiger partial charge is 0.507 e. The summed E-state index contributed by atoms with van der Waals surface area (Å²) >= 11 is 0. The molecule has 2 aromatic carbocycles. The predicted molar refractivity (Wildman–Crippen MR) is 107 cm³/mol. The van der Waals surface area contributed by atoms with Crippen LogP contribution in [0.5, 0.6) is 11.5 Å². The van der Waals surface area contributed by atoms with Gasteiger partial charge >= 0.3 is 0 Å². The molecule has 1 heterocycles. The van der Waals surface area contributed by atoms with Crippen LogP contribution in [0.25, 0.3) is 6.08 Å². The van der Waals surface area contributed by atoms with Gasteiger partial charge in [0.1, 0.15) is 35.4 Å². The molecule has 1 aliphatic rings. The first kappa shape index (κ1) is 21.9. The average Bonchev–Trinajstić information content (AvgIpc) is 2.76. The van der Waals surface area contributed by atoms with Gasteiger partial charge in [-0.1, -0.05) is 30.3 Å². The molecule has 160 valence electrons. The number of rotatable bonds is 6. The third kappa shape index (κ3) is 4.09. The lowest BCUT2D eigenvalue weighted by Gasteiger charge is -2.43. The number of phenols is 1. The van der Waals surface area contributed by atoms with Crippen molar-refractivity contribution in [2.75, 3.05) is 20.3 Å². The first-order valence-electron chi connectivity index (χ1n) is 9.31. The number of carbonyl (C=O) groups is 1. The van der Waals surface area contributed by atoms with E-state index in [0.29, 0.717) is 5.56 Å². The molecule has 0 unspecified atom stereocenters. The number of ether oxygens (including phenoxy) is 2. The van der Waals surface area contributed by atoms with Crippen molar-refractivity contribution in [3.05, 3.63) is 65.2 Å². The second-order valence-corrected chi connectivity index (χ2v) is 7.07. The predicted octanol–water partition coefficient (Wildman–Crippen LogP) is 0.597. The van der Waals surface area contributed by atoms with Gasteiger partial charge in [0.05, 0.1) is 25.9 Å². The van der Waals surface area contributed by atoms with Crippen molar-refractivity contribution in [3.63, 3.8) is 0 Å². The van der Waals surface area contributed by atoms with E-state index in [-0.39, 0.29) is 28.4 Å². The zero-order chi connectivity index (χ0) is 21.9. The molecule has 0 spiro atoms. The van der Waals surface area contributed by atoms with Gasteiger partial charge < -0.3 is 35.0 Å². The summed E-state index contributed by atoms with van der Waals surface area (Å²) in [5.74, 6) is -0.434. The molecule has 0 bridgehead atoms. The van der Waals surface area contributed by atoms with Gasteiger partial charge in [0, 0.05) is 5.56 Å². The minimum Gasteiger partial charge on any atom is -0.507 e. The maximum atomic E-state index is 12.3. The van der Waals surface area contributed by atoms with Crippen LogP contribution in [0, 0.1) is 0 Å². The van der Waals surface area contributed by atoms with Crippen LogP contribution in [0.2, 0.25) is 0 Å². The number of hydrogen-bond acceptors (Lipinski definition) is 8. The Morgan fingerprint density at radius 3 is 2.60 bits per heavy atom. The van der Waals surface area contributed by atoms with E-state index in [1.54, 1.807) is 30.3 Å². The van der Waals surface area contributed by atoms with Crippen LogP contribution >= 0.6 is 0 Å². The van der Waals surface area contributed by atoms with E-state index in [1.165, 1.54) is 31.4 Å². The number of hydrogen-bond donors (Lipinski definition) is 5. The number of ketones is 1. The fourth-order valence-electron chi connectivity index (χ4n) is 3.37. The van der Waals surface area contributed by atoms with Crippen LogP contribution in [-0.4, -0.2) is 70.0 Å². The Balaban J connectivity index is 1.93. The molecule has 8 heteroatoms. The van der Waals surface area contributed by atoms with Gasteiger partial charge in [0.15, 0.2) is 5.78 Å². The van der Waals surface area contributed by atoms with Crippen molar-refractivity contribution in [1.82, 2.24) is 0 Å². The van der Waals surface area contributed by atoms with Gasteiger partial charge in [-0.15, -0.1) is 0 Å². The van der Waals surface area contributed by atoms with Crippen molar-refractivity contribution in [2.45, 2.75) is 23.9 Å². The Kier molecular flexibility index (Phi) is 6.55. The monoisotopic (exact) mass is 416 g/mol. The lowest BCUT2D eigenvalue weighted by Crippen LogP contribution is -2.60. The van der Waals surface area contributed by atoms with Gasteiger partial charge in [-0.05, 0) is 29.8 Å². The topological polar surface area (TPSA) is 137 Å². The molecule has 1 fully saturated rings. The van der Waals surface area contributed by atoms with Crippen LogP contribution in [0.15, 0.2) is 48.5 Å². The van der Waals surface area contributed by atoms with E-state index in [1.807, 2.05) is 0 Å². The van der Waals surface area contributed by atoms with Crippen LogP contribution in [0.4, 0.5) is 0 Å². The molecule has 3 rings (SSSR count). The second kappa shape index (κ2) is 8.95. The zero-order valence-corrected chi connectivity index (χ0v) is 16.3. The molecular weight excluding hydrogens is 392 g/mol. The Bertz CT molecular complexity index is 926. The van der Waals surface area contributed by atoms with E-state index < -0.39 is 37.1 Å². The summed E-state index contributed by atoms with van der Waals surface area (Å²) in [4.78, 5) is 12.3. The summed E-state index contributed by atoms with van der Waals surface area (Å²) in [5.41, 5.74) is -1.31. The average molecular weight is 416 g/mol. The number of aliphatic hydroxyl groups is 4. The molecule has 0 aliphatic carbocycles. The molecule has 8 nitrogen and oxygen atoms in total. The number of methoxy groups -OCH3 is 1. The van der Waals surface area contributed by atoms with Crippen molar-refractivity contribution in [1.29, 1.82) is 0 Å². The standard InChI is InChI=1S/C22H24O8/c1-29-18-10-14(22(28)12-30-19(11-23)20(26)21(22)27)9-17(25)15(18)7-8-16(24)13-5-3-2-4-6-13/h2-10,19-21,23,25-28H,11-12H2,1H3/t19-,20-,21+,22+/m1/s1. The Labute approximate surface area is 173 Å². The highest BCUT2D eigenvalue weighted by atomic mass is 16.5. The smallest absolute Gasteiger partial charge is 0.185 e. The molecule has 0 radical (unpaired) electrons. The lowest BCUT2D eigenvalue weighted by molar-refractivity contribution is -0.245. The van der Waals surface area contributed by atoms with Crippen LogP contribution in [0.1, 0.15) is 21.5 Å². The summed E-state index contributed by atoms with van der Waals surface area (Å²) in [6.07, 6.45) is -1.57. The van der Waals surface area contributed by atoms with Crippen molar-refractivity contribution >= 4 is 11.9 Å². The maximum Gasteiger partial charge on any atom is 0.185 e. The number of carbonyl (C=O) groups excluding carboxylic acids is 1. The first-order valence-corrected chi connectivity index (χ1v) is 9.31. The highest BCUT2D eigenvalue weighted by Gasteiger charge is 2.49. The molecule has 0 aromatic heterocycles. The summed E-state index contributed by atoms with van der Waals surface area (Å²) < 4.78 is 10.5. The van der Waals surface area contributed by atoms with Gasteiger partial charge in [-0.25, -0.2) is 0 Å². The number of phenolic OH excluding ortho intramolecular Hbond substituents is 1. The normalized spacial score (nSPS) is 26.6. The Morgan fingerprint density at radius 1 is 1.27 bits per heavy atom. The molecule has 1 aliphatic heterocycles. The number of benzene rings is 2. The fraction of sp³-hybridized carbons (Fsp3) is 0.318. The summed E-state index contributed by atoms with van der Waals surface area (Å²) in [6, 6.07) is 11.2. The van der Waals surface area contributed by atoms with E-state index in [4.69, 9.17) is 9.47 Å². The minimum atomic E-state index is -2.04. The van der Waals surface area contributed by atoms with E-state index in [9.17, 15) is 30.3 Å². The number of aliphatic hydroxyl groups excluding tert-OH is 3. The molecular formula is C22H24O8. The van der Waals surface area contributed by atoms with Crippen molar-refractivity contribution in [3.8, 4) is 11.5 Å². The van der Waals surface area contributed by atoms with E-state index in [2.05, 4.69) is 0 Å². The second-order valence-electron chi connectivity index (χ2n) is 7.07. The SMILES string of the molecule is COc1cc([C@@]2(O)CO[C@H](CO)[C@@H](O)[C@@H]2O)cc(O)c1C=CC(=O)c1ccccc1. The molecule has 5 N–H and O–H groups in total. The number of aromatic hydroxyl groups is 1. The van der Waals surface area contributed by atoms with Gasteiger partial charge in [0.25, 0.3) is 0 Å². The van der Waals surface area contributed by atoms with Gasteiger partial charge in [-0.3, -0.25) is 4.79 Å².